The lowest BCUT2D eigenvalue weighted by Crippen LogP contribution is -2.09. The van der Waals surface area contributed by atoms with Gasteiger partial charge in [0.05, 0.1) is 30.9 Å². The van der Waals surface area contributed by atoms with Crippen LogP contribution in [0, 0.1) is 0 Å². The topological polar surface area (TPSA) is 64.3 Å². The molecule has 1 heterocycles. The molecule has 0 saturated heterocycles. The predicted molar refractivity (Wildman–Crippen MR) is 58.7 cm³/mol. The molecule has 0 aromatic carbocycles. The van der Waals surface area contributed by atoms with Crippen molar-refractivity contribution in [2.75, 3.05) is 6.61 Å². The average Bonchev–Trinajstić information content (AvgIpc) is 2.69. The molecule has 0 fully saturated rings. The summed E-state index contributed by atoms with van der Waals surface area (Å²) in [5.74, 6) is -0.261. The van der Waals surface area contributed by atoms with Gasteiger partial charge in [0.2, 0.25) is 0 Å². The molecular formula is C11H18N2O3. The second-order valence-electron chi connectivity index (χ2n) is 3.70. The van der Waals surface area contributed by atoms with Crippen LogP contribution in [-0.2, 0) is 16.6 Å². The van der Waals surface area contributed by atoms with Gasteiger partial charge in [0.25, 0.3) is 0 Å². The first-order chi connectivity index (χ1) is 7.65. The molecule has 1 atom stereocenters. The summed E-state index contributed by atoms with van der Waals surface area (Å²) in [5, 5.41) is 9.80. The number of hydrogen-bond acceptors (Lipinski definition) is 4. The first-order valence-electron chi connectivity index (χ1n) is 5.45. The van der Waals surface area contributed by atoms with E-state index in [1.54, 1.807) is 24.1 Å². The van der Waals surface area contributed by atoms with Gasteiger partial charge in [-0.25, -0.2) is 4.98 Å². The van der Waals surface area contributed by atoms with Gasteiger partial charge < -0.3 is 14.4 Å². The lowest BCUT2D eigenvalue weighted by atomic mass is 10.1. The Balaban J connectivity index is 2.33. The highest BCUT2D eigenvalue weighted by Gasteiger charge is 2.13. The summed E-state index contributed by atoms with van der Waals surface area (Å²) < 4.78 is 6.65. The number of ether oxygens (including phenoxy) is 1. The summed E-state index contributed by atoms with van der Waals surface area (Å²) in [5.41, 5.74) is 0.711. The molecule has 1 unspecified atom stereocenters. The van der Waals surface area contributed by atoms with Crippen molar-refractivity contribution in [1.29, 1.82) is 0 Å². The van der Waals surface area contributed by atoms with Crippen LogP contribution in [0.25, 0.3) is 0 Å². The zero-order chi connectivity index (χ0) is 12.0. The van der Waals surface area contributed by atoms with E-state index in [0.29, 0.717) is 18.7 Å². The average molecular weight is 226 g/mol. The van der Waals surface area contributed by atoms with Gasteiger partial charge in [0, 0.05) is 13.5 Å². The fraction of sp³-hybridized carbons (Fsp3) is 0.636. The molecule has 5 nitrogen and oxygen atoms in total. The Morgan fingerprint density at radius 1 is 1.69 bits per heavy atom. The van der Waals surface area contributed by atoms with Crippen LogP contribution < -0.4 is 0 Å². The minimum Gasteiger partial charge on any atom is -0.466 e. The van der Waals surface area contributed by atoms with Gasteiger partial charge in [-0.05, 0) is 12.8 Å². The van der Waals surface area contributed by atoms with Gasteiger partial charge in [-0.15, -0.1) is 0 Å². The van der Waals surface area contributed by atoms with Crippen molar-refractivity contribution in [3.8, 4) is 0 Å². The number of aliphatic hydroxyl groups excluding tert-OH is 1. The number of aliphatic hydroxyl groups is 1. The molecule has 0 aliphatic heterocycles. The van der Waals surface area contributed by atoms with Gasteiger partial charge in [-0.1, -0.05) is 6.92 Å². The van der Waals surface area contributed by atoms with Crippen molar-refractivity contribution in [2.45, 2.75) is 32.3 Å². The third-order valence-electron chi connectivity index (χ3n) is 2.28. The summed E-state index contributed by atoms with van der Waals surface area (Å²) >= 11 is 0. The van der Waals surface area contributed by atoms with Crippen LogP contribution in [0.4, 0.5) is 0 Å². The number of carbonyl (C=O) groups is 1. The maximum atomic E-state index is 11.2. The lowest BCUT2D eigenvalue weighted by Gasteiger charge is -2.10. The molecule has 0 aliphatic rings. The number of aryl methyl sites for hydroxylation is 1. The zero-order valence-corrected chi connectivity index (χ0v) is 9.72. The Bertz CT molecular complexity index is 336. The normalized spacial score (nSPS) is 12.4. The molecule has 0 amide bonds. The van der Waals surface area contributed by atoms with Crippen molar-refractivity contribution >= 4 is 5.97 Å². The van der Waals surface area contributed by atoms with E-state index in [2.05, 4.69) is 4.98 Å². The third-order valence-corrected chi connectivity index (χ3v) is 2.28. The Kier molecular flexibility index (Phi) is 4.98. The fourth-order valence-electron chi connectivity index (χ4n) is 1.38. The van der Waals surface area contributed by atoms with E-state index in [0.717, 1.165) is 6.42 Å². The van der Waals surface area contributed by atoms with Crippen LogP contribution >= 0.6 is 0 Å². The number of hydrogen-bond donors (Lipinski definition) is 1. The highest BCUT2D eigenvalue weighted by atomic mass is 16.5. The van der Waals surface area contributed by atoms with Crippen molar-refractivity contribution in [1.82, 2.24) is 9.55 Å². The number of esters is 1. The Hall–Kier alpha value is -1.36. The van der Waals surface area contributed by atoms with E-state index < -0.39 is 6.10 Å². The molecule has 0 spiro atoms. The molecule has 16 heavy (non-hydrogen) atoms. The van der Waals surface area contributed by atoms with Crippen LogP contribution in [-0.4, -0.2) is 27.2 Å². The largest absolute Gasteiger partial charge is 0.466 e. The monoisotopic (exact) mass is 226 g/mol. The van der Waals surface area contributed by atoms with Gasteiger partial charge in [-0.3, -0.25) is 4.79 Å². The van der Waals surface area contributed by atoms with E-state index >= 15 is 0 Å². The van der Waals surface area contributed by atoms with Crippen molar-refractivity contribution in [2.24, 2.45) is 7.05 Å². The highest BCUT2D eigenvalue weighted by molar-refractivity contribution is 5.69. The number of aromatic nitrogens is 2. The Labute approximate surface area is 95.1 Å². The zero-order valence-electron chi connectivity index (χ0n) is 9.72. The smallest absolute Gasteiger partial charge is 0.305 e. The maximum absolute atomic E-state index is 11.2. The number of rotatable bonds is 6. The number of imidazole rings is 1. The van der Waals surface area contributed by atoms with Crippen molar-refractivity contribution in [3.63, 3.8) is 0 Å². The quantitative estimate of drug-likeness (QED) is 0.740. The van der Waals surface area contributed by atoms with E-state index in [-0.39, 0.29) is 12.4 Å². The SMILES string of the molecule is CCCOC(=O)CCC(O)c1cncn1C. The summed E-state index contributed by atoms with van der Waals surface area (Å²) in [6, 6.07) is 0. The molecule has 0 saturated carbocycles. The molecule has 5 heteroatoms. The van der Waals surface area contributed by atoms with Crippen LogP contribution in [0.5, 0.6) is 0 Å². The molecule has 1 N–H and O–H groups in total. The number of nitrogens with zero attached hydrogens (tertiary/aromatic N) is 2. The van der Waals surface area contributed by atoms with E-state index in [1.165, 1.54) is 0 Å². The van der Waals surface area contributed by atoms with Crippen molar-refractivity contribution in [3.05, 3.63) is 18.2 Å². The second-order valence-corrected chi connectivity index (χ2v) is 3.70. The molecule has 1 aromatic heterocycles. The lowest BCUT2D eigenvalue weighted by molar-refractivity contribution is -0.144. The summed E-state index contributed by atoms with van der Waals surface area (Å²) in [7, 11) is 1.81. The number of carbonyl (C=O) groups excluding carboxylic acids is 1. The molecule has 0 aliphatic carbocycles. The van der Waals surface area contributed by atoms with E-state index in [1.807, 2.05) is 6.92 Å². The third kappa shape index (κ3) is 3.66. The second kappa shape index (κ2) is 6.27. The van der Waals surface area contributed by atoms with E-state index in [9.17, 15) is 9.90 Å². The standard InChI is InChI=1S/C11H18N2O3/c1-3-6-16-11(15)5-4-10(14)9-7-12-8-13(9)2/h7-8,10,14H,3-6H2,1-2H3. The predicted octanol–water partition coefficient (Wildman–Crippen LogP) is 1.19. The summed E-state index contributed by atoms with van der Waals surface area (Å²) in [6.07, 6.45) is 3.96. The Morgan fingerprint density at radius 3 is 3.00 bits per heavy atom. The fourth-order valence-corrected chi connectivity index (χ4v) is 1.38. The van der Waals surface area contributed by atoms with Gasteiger partial charge in [0.15, 0.2) is 0 Å². The minimum absolute atomic E-state index is 0.229. The highest BCUT2D eigenvalue weighted by Crippen LogP contribution is 2.17. The van der Waals surface area contributed by atoms with E-state index in [4.69, 9.17) is 4.74 Å². The van der Waals surface area contributed by atoms with Crippen LogP contribution in [0.3, 0.4) is 0 Å². The first kappa shape index (κ1) is 12.7. The summed E-state index contributed by atoms with van der Waals surface area (Å²) in [6.45, 7) is 2.39. The van der Waals surface area contributed by atoms with Crippen LogP contribution in [0.2, 0.25) is 0 Å². The van der Waals surface area contributed by atoms with Gasteiger partial charge >= 0.3 is 5.97 Å². The molecule has 90 valence electrons. The minimum atomic E-state index is -0.665. The van der Waals surface area contributed by atoms with Crippen LogP contribution in [0.15, 0.2) is 12.5 Å². The van der Waals surface area contributed by atoms with Crippen LogP contribution in [0.1, 0.15) is 38.0 Å². The van der Waals surface area contributed by atoms with Gasteiger partial charge in [-0.2, -0.15) is 0 Å². The van der Waals surface area contributed by atoms with Crippen molar-refractivity contribution < 1.29 is 14.6 Å². The first-order valence-corrected chi connectivity index (χ1v) is 5.45. The maximum Gasteiger partial charge on any atom is 0.305 e. The molecule has 0 bridgehead atoms. The molecule has 1 aromatic rings. The molecular weight excluding hydrogens is 208 g/mol. The Morgan fingerprint density at radius 2 is 2.44 bits per heavy atom. The molecule has 1 rings (SSSR count). The molecule has 0 radical (unpaired) electrons. The summed E-state index contributed by atoms with van der Waals surface area (Å²) in [4.78, 5) is 15.1. The van der Waals surface area contributed by atoms with Gasteiger partial charge in [0.1, 0.15) is 0 Å².